The van der Waals surface area contributed by atoms with Crippen molar-refractivity contribution < 1.29 is 33.4 Å². The number of halogens is 1. The summed E-state index contributed by atoms with van der Waals surface area (Å²) in [4.78, 5) is 40.8. The van der Waals surface area contributed by atoms with Crippen molar-refractivity contribution in [3.63, 3.8) is 0 Å². The van der Waals surface area contributed by atoms with Gasteiger partial charge in [-0.3, -0.25) is 14.6 Å². The molecule has 1 aromatic rings. The van der Waals surface area contributed by atoms with Crippen molar-refractivity contribution in [2.45, 2.75) is 25.0 Å². The van der Waals surface area contributed by atoms with Gasteiger partial charge in [-0.15, -0.1) is 0 Å². The standard InChI is InChI=1S/C14H15FN4O5/c1-24-12(10-4-2-8(15)6-17-10)13(21)19-11(14(22)23)5-3-9(20)7-18-16/h2,4,6-7,11-12H,3,5H2,1H3,(H,19,21)(H,22,23)/t11-,12-/m0/s1. The quantitative estimate of drug-likeness (QED) is 0.372. The van der Waals surface area contributed by atoms with Crippen molar-refractivity contribution in [2.75, 3.05) is 7.11 Å². The van der Waals surface area contributed by atoms with E-state index in [2.05, 4.69) is 15.1 Å². The van der Waals surface area contributed by atoms with Crippen LogP contribution >= 0.6 is 0 Å². The number of rotatable bonds is 9. The van der Waals surface area contributed by atoms with Crippen molar-refractivity contribution in [1.82, 2.24) is 10.3 Å². The zero-order valence-corrected chi connectivity index (χ0v) is 12.7. The molecule has 2 atom stereocenters. The lowest BCUT2D eigenvalue weighted by molar-refractivity contribution is -0.144. The molecule has 0 unspecified atom stereocenters. The van der Waals surface area contributed by atoms with E-state index >= 15 is 0 Å². The molecule has 0 aromatic carbocycles. The van der Waals surface area contributed by atoms with Crippen LogP contribution in [0.15, 0.2) is 18.3 Å². The van der Waals surface area contributed by atoms with Crippen LogP contribution in [0.25, 0.3) is 5.53 Å². The second kappa shape index (κ2) is 9.23. The van der Waals surface area contributed by atoms with E-state index in [-0.39, 0.29) is 18.5 Å². The van der Waals surface area contributed by atoms with Crippen LogP contribution < -0.4 is 5.32 Å². The number of carbonyl (C=O) groups excluding carboxylic acids is 2. The number of hydrogen-bond donors (Lipinski definition) is 2. The number of hydrogen-bond acceptors (Lipinski definition) is 5. The number of carbonyl (C=O) groups is 3. The van der Waals surface area contributed by atoms with E-state index in [9.17, 15) is 18.8 Å². The summed E-state index contributed by atoms with van der Waals surface area (Å²) in [6, 6.07) is 0.968. The average molecular weight is 338 g/mol. The molecule has 0 aliphatic rings. The first-order chi connectivity index (χ1) is 11.4. The second-order valence-electron chi connectivity index (χ2n) is 4.67. The van der Waals surface area contributed by atoms with E-state index in [1.165, 1.54) is 13.2 Å². The lowest BCUT2D eigenvalue weighted by Gasteiger charge is -2.18. The first kappa shape index (κ1) is 19.1. The fraction of sp³-hybridized carbons (Fsp3) is 0.357. The molecular weight excluding hydrogens is 323 g/mol. The highest BCUT2D eigenvalue weighted by atomic mass is 19.1. The Morgan fingerprint density at radius 2 is 2.21 bits per heavy atom. The van der Waals surface area contributed by atoms with Crippen molar-refractivity contribution in [2.24, 2.45) is 0 Å². The highest BCUT2D eigenvalue weighted by Crippen LogP contribution is 2.15. The Kier molecular flexibility index (Phi) is 7.34. The Bertz CT molecular complexity index is 658. The first-order valence-electron chi connectivity index (χ1n) is 6.76. The molecular formula is C14H15FN4O5. The zero-order valence-electron chi connectivity index (χ0n) is 12.7. The van der Waals surface area contributed by atoms with Gasteiger partial charge in [-0.1, -0.05) is 0 Å². The van der Waals surface area contributed by atoms with Crippen LogP contribution in [0.4, 0.5) is 4.39 Å². The van der Waals surface area contributed by atoms with Gasteiger partial charge >= 0.3 is 12.2 Å². The Morgan fingerprint density at radius 1 is 1.50 bits per heavy atom. The summed E-state index contributed by atoms with van der Waals surface area (Å²) in [5.41, 5.74) is 8.32. The van der Waals surface area contributed by atoms with E-state index in [4.69, 9.17) is 15.4 Å². The fourth-order valence-corrected chi connectivity index (χ4v) is 1.82. The third-order valence-corrected chi connectivity index (χ3v) is 2.99. The minimum atomic E-state index is -1.35. The largest absolute Gasteiger partial charge is 0.480 e. The van der Waals surface area contributed by atoms with Crippen LogP contribution in [-0.2, 0) is 19.1 Å². The molecule has 24 heavy (non-hydrogen) atoms. The smallest absolute Gasteiger partial charge is 0.326 e. The van der Waals surface area contributed by atoms with Gasteiger partial charge in [0.15, 0.2) is 6.10 Å². The average Bonchev–Trinajstić information content (AvgIpc) is 2.53. The highest BCUT2D eigenvalue weighted by Gasteiger charge is 2.27. The number of amides is 1. The number of pyridine rings is 1. The van der Waals surface area contributed by atoms with Gasteiger partial charge in [-0.05, 0) is 18.6 Å². The van der Waals surface area contributed by atoms with Gasteiger partial charge in [0.1, 0.15) is 11.9 Å². The number of carboxylic acid groups (broad SMARTS) is 1. The van der Waals surface area contributed by atoms with Crippen molar-refractivity contribution >= 4 is 23.9 Å². The molecule has 128 valence electrons. The molecule has 2 N–H and O–H groups in total. The molecule has 10 heteroatoms. The summed E-state index contributed by atoms with van der Waals surface area (Å²) in [6.07, 6.45) is -0.147. The Labute approximate surface area is 136 Å². The molecule has 0 radical (unpaired) electrons. The number of aliphatic carboxylic acids is 1. The van der Waals surface area contributed by atoms with Crippen molar-refractivity contribution in [1.29, 1.82) is 0 Å². The van der Waals surface area contributed by atoms with Gasteiger partial charge in [0.2, 0.25) is 5.78 Å². The van der Waals surface area contributed by atoms with Crippen LogP contribution in [-0.4, -0.2) is 51.9 Å². The molecule has 0 spiro atoms. The fourth-order valence-electron chi connectivity index (χ4n) is 1.82. The number of carboxylic acids is 1. The van der Waals surface area contributed by atoms with Gasteiger partial charge in [-0.2, -0.15) is 4.79 Å². The maximum absolute atomic E-state index is 12.9. The number of aromatic nitrogens is 1. The molecule has 0 fully saturated rings. The molecule has 1 aromatic heterocycles. The molecule has 0 aliphatic carbocycles. The normalized spacial score (nSPS) is 12.6. The zero-order chi connectivity index (χ0) is 18.1. The van der Waals surface area contributed by atoms with E-state index < -0.39 is 35.6 Å². The van der Waals surface area contributed by atoms with Gasteiger partial charge in [-0.25, -0.2) is 9.18 Å². The van der Waals surface area contributed by atoms with E-state index in [1.54, 1.807) is 0 Å². The maximum Gasteiger partial charge on any atom is 0.326 e. The molecule has 1 heterocycles. The number of ether oxygens (including phenoxy) is 1. The van der Waals surface area contributed by atoms with Gasteiger partial charge in [0.25, 0.3) is 5.91 Å². The third kappa shape index (κ3) is 5.67. The third-order valence-electron chi connectivity index (χ3n) is 2.99. The van der Waals surface area contributed by atoms with Crippen LogP contribution in [0.2, 0.25) is 0 Å². The first-order valence-corrected chi connectivity index (χ1v) is 6.76. The van der Waals surface area contributed by atoms with Crippen molar-refractivity contribution in [3.05, 3.63) is 35.4 Å². The number of Topliss-reactive ketones (excluding diaryl/α,β-unsaturated/α-hetero) is 1. The maximum atomic E-state index is 12.9. The van der Waals surface area contributed by atoms with Crippen molar-refractivity contribution in [3.8, 4) is 0 Å². The predicted octanol–water partition coefficient (Wildman–Crippen LogP) is 0.127. The molecule has 1 rings (SSSR count). The number of ketones is 1. The van der Waals surface area contributed by atoms with Gasteiger partial charge in [0, 0.05) is 13.5 Å². The number of nitrogens with one attached hydrogen (secondary N) is 1. The summed E-state index contributed by atoms with van der Waals surface area (Å²) >= 11 is 0. The summed E-state index contributed by atoms with van der Waals surface area (Å²) < 4.78 is 17.8. The second-order valence-corrected chi connectivity index (χ2v) is 4.67. The molecule has 0 aliphatic heterocycles. The van der Waals surface area contributed by atoms with Crippen LogP contribution in [0.1, 0.15) is 24.6 Å². The number of nitrogens with zero attached hydrogens (tertiary/aromatic N) is 3. The highest BCUT2D eigenvalue weighted by molar-refractivity contribution is 6.25. The Balaban J connectivity index is 2.78. The lowest BCUT2D eigenvalue weighted by atomic mass is 10.1. The number of methoxy groups -OCH3 is 1. The predicted molar refractivity (Wildman–Crippen MR) is 77.4 cm³/mol. The van der Waals surface area contributed by atoms with Gasteiger partial charge < -0.3 is 20.7 Å². The monoisotopic (exact) mass is 338 g/mol. The minimum absolute atomic E-state index is 0.101. The van der Waals surface area contributed by atoms with E-state index in [1.807, 2.05) is 0 Å². The topological polar surface area (TPSA) is 142 Å². The molecule has 9 nitrogen and oxygen atoms in total. The molecule has 1 amide bonds. The molecule has 0 bridgehead atoms. The Hall–Kier alpha value is -2.97. The minimum Gasteiger partial charge on any atom is -0.480 e. The van der Waals surface area contributed by atoms with Crippen LogP contribution in [0.3, 0.4) is 0 Å². The van der Waals surface area contributed by atoms with Crippen LogP contribution in [0.5, 0.6) is 0 Å². The summed E-state index contributed by atoms with van der Waals surface area (Å²) in [5, 5.41) is 11.3. The summed E-state index contributed by atoms with van der Waals surface area (Å²) in [7, 11) is 1.21. The van der Waals surface area contributed by atoms with E-state index in [0.29, 0.717) is 6.21 Å². The van der Waals surface area contributed by atoms with E-state index in [0.717, 1.165) is 12.3 Å². The SMILES string of the molecule is CO[C@H](C(=O)N[C@@H](CCC(=O)C=[N+]=[N-])C(=O)O)c1ccc(F)cn1. The molecule has 0 saturated heterocycles. The van der Waals surface area contributed by atoms with Crippen LogP contribution in [0, 0.1) is 5.82 Å². The Morgan fingerprint density at radius 3 is 2.71 bits per heavy atom. The summed E-state index contributed by atoms with van der Waals surface area (Å²) in [6.45, 7) is 0. The lowest BCUT2D eigenvalue weighted by Crippen LogP contribution is -2.43. The summed E-state index contributed by atoms with van der Waals surface area (Å²) in [5.74, 6) is -3.34. The van der Waals surface area contributed by atoms with Gasteiger partial charge in [0.05, 0.1) is 11.9 Å². The molecule has 0 saturated carbocycles.